The third-order valence-electron chi connectivity index (χ3n) is 6.35. The van der Waals surface area contributed by atoms with Crippen LogP contribution in [0, 0.1) is 11.8 Å². The van der Waals surface area contributed by atoms with E-state index in [1.54, 1.807) is 4.90 Å². The van der Waals surface area contributed by atoms with Gasteiger partial charge >= 0.3 is 6.03 Å². The number of hydrogen-bond donors (Lipinski definition) is 1. The number of nitrogens with one attached hydrogen (secondary N) is 1. The fraction of sp³-hybridized carbons (Fsp3) is 0.464. The molecule has 3 rings (SSSR count). The van der Waals surface area contributed by atoms with Crippen LogP contribution < -0.4 is 5.32 Å². The Kier molecular flexibility index (Phi) is 8.48. The van der Waals surface area contributed by atoms with Gasteiger partial charge in [-0.15, -0.1) is 0 Å². The Morgan fingerprint density at radius 2 is 1.41 bits per heavy atom. The largest absolute Gasteiger partial charge is 0.341 e. The zero-order valence-corrected chi connectivity index (χ0v) is 20.8. The minimum Gasteiger partial charge on any atom is -0.341 e. The summed E-state index contributed by atoms with van der Waals surface area (Å²) in [6, 6.07) is 18.4. The van der Waals surface area contributed by atoms with Crippen LogP contribution in [0.1, 0.15) is 51.7 Å². The second-order valence-electron chi connectivity index (χ2n) is 10.0. The number of hydrogen-bond acceptors (Lipinski definition) is 3. The first kappa shape index (κ1) is 25.5. The van der Waals surface area contributed by atoms with Gasteiger partial charge in [0.05, 0.1) is 0 Å². The number of carbonyl (C=O) groups is 3. The number of amides is 4. The first-order valence-corrected chi connectivity index (χ1v) is 12.2. The lowest BCUT2D eigenvalue weighted by Gasteiger charge is -2.28. The molecule has 0 aromatic heterocycles. The summed E-state index contributed by atoms with van der Waals surface area (Å²) in [5, 5.41) is 2.94. The van der Waals surface area contributed by atoms with Crippen LogP contribution in [-0.2, 0) is 21.5 Å². The Hall–Kier alpha value is -3.15. The van der Waals surface area contributed by atoms with E-state index in [2.05, 4.69) is 33.0 Å². The van der Waals surface area contributed by atoms with Crippen molar-refractivity contribution < 1.29 is 14.4 Å². The quantitative estimate of drug-likeness (QED) is 0.495. The SMILES string of the molecule is CC(C)CCN(CCC(C)C)C(=O)CN1C(=O)NC(Cc2ccccc2)(c2ccccc2)C1=O. The van der Waals surface area contributed by atoms with Gasteiger partial charge in [-0.25, -0.2) is 4.79 Å². The maximum Gasteiger partial charge on any atom is 0.325 e. The zero-order chi connectivity index (χ0) is 24.7. The Labute approximate surface area is 203 Å². The van der Waals surface area contributed by atoms with Gasteiger partial charge < -0.3 is 10.2 Å². The Balaban J connectivity index is 1.85. The van der Waals surface area contributed by atoms with E-state index in [4.69, 9.17) is 0 Å². The summed E-state index contributed by atoms with van der Waals surface area (Å²) >= 11 is 0. The number of nitrogens with zero attached hydrogens (tertiary/aromatic N) is 2. The molecule has 1 unspecified atom stereocenters. The molecule has 0 saturated carbocycles. The van der Waals surface area contributed by atoms with Crippen molar-refractivity contribution in [1.29, 1.82) is 0 Å². The smallest absolute Gasteiger partial charge is 0.325 e. The van der Waals surface area contributed by atoms with E-state index in [1.165, 1.54) is 0 Å². The monoisotopic (exact) mass is 463 g/mol. The predicted octanol–water partition coefficient (Wildman–Crippen LogP) is 4.60. The topological polar surface area (TPSA) is 69.7 Å². The highest BCUT2D eigenvalue weighted by Crippen LogP contribution is 2.33. The van der Waals surface area contributed by atoms with E-state index in [0.717, 1.165) is 23.3 Å². The maximum atomic E-state index is 13.8. The molecule has 1 fully saturated rings. The zero-order valence-electron chi connectivity index (χ0n) is 20.8. The van der Waals surface area contributed by atoms with E-state index in [0.29, 0.717) is 36.9 Å². The van der Waals surface area contributed by atoms with Crippen LogP contribution in [-0.4, -0.2) is 47.3 Å². The van der Waals surface area contributed by atoms with Crippen LogP contribution in [0.4, 0.5) is 4.79 Å². The molecular weight excluding hydrogens is 426 g/mol. The molecular formula is C28H37N3O3. The van der Waals surface area contributed by atoms with Crippen molar-refractivity contribution in [2.75, 3.05) is 19.6 Å². The molecule has 2 aromatic carbocycles. The van der Waals surface area contributed by atoms with E-state index >= 15 is 0 Å². The third kappa shape index (κ3) is 6.04. The summed E-state index contributed by atoms with van der Waals surface area (Å²) in [5.74, 6) is 0.354. The van der Waals surface area contributed by atoms with E-state index < -0.39 is 11.6 Å². The molecule has 2 aromatic rings. The molecule has 0 aliphatic carbocycles. The molecule has 1 aliphatic heterocycles. The van der Waals surface area contributed by atoms with Crippen LogP contribution in [0.25, 0.3) is 0 Å². The summed E-state index contributed by atoms with van der Waals surface area (Å²) in [7, 11) is 0. The second kappa shape index (κ2) is 11.3. The maximum absolute atomic E-state index is 13.8. The summed E-state index contributed by atoms with van der Waals surface area (Å²) in [4.78, 5) is 43.1. The van der Waals surface area contributed by atoms with E-state index in [9.17, 15) is 14.4 Å². The van der Waals surface area contributed by atoms with Crippen molar-refractivity contribution >= 4 is 17.8 Å². The van der Waals surface area contributed by atoms with Crippen LogP contribution in [0.5, 0.6) is 0 Å². The molecule has 4 amide bonds. The van der Waals surface area contributed by atoms with Gasteiger partial charge in [0.2, 0.25) is 5.91 Å². The minimum atomic E-state index is -1.24. The summed E-state index contributed by atoms with van der Waals surface area (Å²) in [6.45, 7) is 9.51. The highest BCUT2D eigenvalue weighted by Gasteiger charge is 2.52. The first-order chi connectivity index (χ1) is 16.2. The molecule has 6 nitrogen and oxygen atoms in total. The normalized spacial score (nSPS) is 18.0. The average molecular weight is 464 g/mol. The van der Waals surface area contributed by atoms with Gasteiger partial charge in [0.25, 0.3) is 5.91 Å². The molecule has 182 valence electrons. The van der Waals surface area contributed by atoms with Crippen molar-refractivity contribution in [3.63, 3.8) is 0 Å². The second-order valence-corrected chi connectivity index (χ2v) is 10.0. The van der Waals surface area contributed by atoms with Gasteiger partial charge in [-0.05, 0) is 35.8 Å². The summed E-state index contributed by atoms with van der Waals surface area (Å²) in [6.07, 6.45) is 2.08. The van der Waals surface area contributed by atoms with Gasteiger partial charge in [0.15, 0.2) is 5.54 Å². The fourth-order valence-electron chi connectivity index (χ4n) is 4.24. The van der Waals surface area contributed by atoms with E-state index in [-0.39, 0.29) is 18.4 Å². The Morgan fingerprint density at radius 3 is 1.94 bits per heavy atom. The summed E-state index contributed by atoms with van der Waals surface area (Å²) < 4.78 is 0. The molecule has 1 saturated heterocycles. The fourth-order valence-corrected chi connectivity index (χ4v) is 4.24. The van der Waals surface area contributed by atoms with Crippen LogP contribution >= 0.6 is 0 Å². The molecule has 34 heavy (non-hydrogen) atoms. The van der Waals surface area contributed by atoms with Crippen molar-refractivity contribution in [3.8, 4) is 0 Å². The summed E-state index contributed by atoms with van der Waals surface area (Å²) in [5.41, 5.74) is 0.410. The third-order valence-corrected chi connectivity index (χ3v) is 6.35. The van der Waals surface area contributed by atoms with Gasteiger partial charge in [-0.3, -0.25) is 14.5 Å². The van der Waals surface area contributed by atoms with Gasteiger partial charge in [0.1, 0.15) is 6.54 Å². The number of imide groups is 1. The first-order valence-electron chi connectivity index (χ1n) is 12.2. The predicted molar refractivity (Wildman–Crippen MR) is 134 cm³/mol. The van der Waals surface area contributed by atoms with Crippen LogP contribution in [0.15, 0.2) is 60.7 Å². The van der Waals surface area contributed by atoms with Gasteiger partial charge in [-0.2, -0.15) is 0 Å². The van der Waals surface area contributed by atoms with Crippen molar-refractivity contribution in [1.82, 2.24) is 15.1 Å². The number of urea groups is 1. The highest BCUT2D eigenvalue weighted by molar-refractivity contribution is 6.09. The van der Waals surface area contributed by atoms with E-state index in [1.807, 2.05) is 60.7 Å². The standard InChI is InChI=1S/C28H37N3O3/c1-21(2)15-17-30(18-16-22(3)4)25(32)20-31-26(33)28(29-27(31)34,24-13-9-6-10-14-24)19-23-11-7-5-8-12-23/h5-14,21-22H,15-20H2,1-4H3,(H,29,34). The number of benzene rings is 2. The van der Waals surface area contributed by atoms with Gasteiger partial charge in [0, 0.05) is 19.5 Å². The molecule has 0 bridgehead atoms. The molecule has 0 spiro atoms. The van der Waals surface area contributed by atoms with Crippen molar-refractivity contribution in [3.05, 3.63) is 71.8 Å². The van der Waals surface area contributed by atoms with Crippen molar-refractivity contribution in [2.45, 2.75) is 52.5 Å². The van der Waals surface area contributed by atoms with Crippen LogP contribution in [0.3, 0.4) is 0 Å². The Bertz CT molecular complexity index is 963. The molecule has 1 aliphatic rings. The number of rotatable bonds is 11. The lowest BCUT2D eigenvalue weighted by atomic mass is 9.83. The average Bonchev–Trinajstić information content (AvgIpc) is 3.04. The molecule has 6 heteroatoms. The minimum absolute atomic E-state index is 0.187. The molecule has 0 radical (unpaired) electrons. The Morgan fingerprint density at radius 1 is 0.882 bits per heavy atom. The molecule has 1 atom stereocenters. The van der Waals surface area contributed by atoms with Gasteiger partial charge in [-0.1, -0.05) is 88.4 Å². The lowest BCUT2D eigenvalue weighted by molar-refractivity contribution is -0.139. The van der Waals surface area contributed by atoms with Crippen LogP contribution in [0.2, 0.25) is 0 Å². The van der Waals surface area contributed by atoms with Crippen molar-refractivity contribution in [2.24, 2.45) is 11.8 Å². The number of carbonyl (C=O) groups excluding carboxylic acids is 3. The lowest BCUT2D eigenvalue weighted by Crippen LogP contribution is -2.47. The molecule has 1 heterocycles. The highest BCUT2D eigenvalue weighted by atomic mass is 16.2. The molecule has 1 N–H and O–H groups in total.